The van der Waals surface area contributed by atoms with Crippen LogP contribution in [-0.4, -0.2) is 47.8 Å². The van der Waals surface area contributed by atoms with Crippen molar-refractivity contribution in [2.45, 2.75) is 70.7 Å². The molecule has 1 atom stereocenters. The van der Waals surface area contributed by atoms with E-state index in [1.807, 2.05) is 22.5 Å². The minimum absolute atomic E-state index is 0.0117. The maximum absolute atomic E-state index is 13.5. The average molecular weight is 524 g/mol. The Bertz CT molecular complexity index is 1170. The van der Waals surface area contributed by atoms with Crippen LogP contribution in [0.5, 0.6) is 5.75 Å². The number of rotatable bonds is 6. The third-order valence-corrected chi connectivity index (χ3v) is 6.98. The van der Waals surface area contributed by atoms with Crippen molar-refractivity contribution in [2.24, 2.45) is 18.0 Å². The van der Waals surface area contributed by atoms with Gasteiger partial charge in [-0.15, -0.1) is 0 Å². The van der Waals surface area contributed by atoms with E-state index in [0.717, 1.165) is 43.5 Å². The first-order valence-corrected chi connectivity index (χ1v) is 12.8. The summed E-state index contributed by atoms with van der Waals surface area (Å²) in [4.78, 5) is 17.8. The molecule has 0 spiro atoms. The number of alkyl halides is 3. The Balaban J connectivity index is 1.72. The first-order chi connectivity index (χ1) is 17.4. The predicted octanol–water partition coefficient (Wildman–Crippen LogP) is 4.87. The van der Waals surface area contributed by atoms with Crippen LogP contribution in [0.1, 0.15) is 68.1 Å². The number of ether oxygens (including phenoxy) is 3. The van der Waals surface area contributed by atoms with E-state index in [1.54, 1.807) is 0 Å². The topological polar surface area (TPSA) is 67.0 Å². The van der Waals surface area contributed by atoms with E-state index in [1.165, 1.54) is 6.07 Å². The molecule has 4 rings (SSSR count). The average Bonchev–Trinajstić information content (AvgIpc) is 3.46. The second kappa shape index (κ2) is 11.0. The van der Waals surface area contributed by atoms with E-state index in [0.29, 0.717) is 38.5 Å². The quantitative estimate of drug-likeness (QED) is 0.542. The lowest BCUT2D eigenvalue weighted by molar-refractivity contribution is -0.137. The number of hydrogen-bond acceptors (Lipinski definition) is 4. The van der Waals surface area contributed by atoms with Gasteiger partial charge >= 0.3 is 6.18 Å². The van der Waals surface area contributed by atoms with Gasteiger partial charge in [-0.1, -0.05) is 20.8 Å². The van der Waals surface area contributed by atoms with E-state index in [-0.39, 0.29) is 28.7 Å². The van der Waals surface area contributed by atoms with Gasteiger partial charge in [0.25, 0.3) is 5.91 Å². The number of nitrogens with zero attached hydrogens (tertiary/aromatic N) is 3. The molecule has 1 aromatic heterocycles. The first-order valence-electron chi connectivity index (χ1n) is 12.8. The molecule has 0 aliphatic carbocycles. The zero-order valence-electron chi connectivity index (χ0n) is 21.9. The Morgan fingerprint density at radius 3 is 2.46 bits per heavy atom. The summed E-state index contributed by atoms with van der Waals surface area (Å²) >= 11 is 0. The molecule has 1 aromatic carbocycles. The maximum atomic E-state index is 13.5. The highest BCUT2D eigenvalue weighted by Crippen LogP contribution is 2.33. The molecule has 1 amide bonds. The summed E-state index contributed by atoms with van der Waals surface area (Å²) in [5.41, 5.74) is -0.0393. The van der Waals surface area contributed by atoms with Gasteiger partial charge in [0.15, 0.2) is 5.49 Å². The van der Waals surface area contributed by atoms with Crippen LogP contribution in [0.4, 0.5) is 13.2 Å². The second-order valence-electron chi connectivity index (χ2n) is 10.9. The lowest BCUT2D eigenvalue weighted by atomic mass is 9.92. The van der Waals surface area contributed by atoms with E-state index in [9.17, 15) is 18.0 Å². The molecule has 0 radical (unpaired) electrons. The van der Waals surface area contributed by atoms with Crippen molar-refractivity contribution in [3.05, 3.63) is 46.6 Å². The van der Waals surface area contributed by atoms with Crippen LogP contribution in [-0.2, 0) is 34.7 Å². The van der Waals surface area contributed by atoms with Crippen molar-refractivity contribution in [1.29, 1.82) is 0 Å². The molecule has 0 bridgehead atoms. The highest BCUT2D eigenvalue weighted by Gasteiger charge is 2.32. The Kier molecular flexibility index (Phi) is 8.18. The fourth-order valence-corrected chi connectivity index (χ4v) is 4.85. The zero-order chi connectivity index (χ0) is 26.8. The molecule has 2 aliphatic heterocycles. The summed E-state index contributed by atoms with van der Waals surface area (Å²) in [5, 5.41) is 0. The number of aromatic nitrogens is 2. The van der Waals surface area contributed by atoms with Crippen LogP contribution in [0.3, 0.4) is 0 Å². The van der Waals surface area contributed by atoms with Crippen molar-refractivity contribution in [3.8, 4) is 5.75 Å². The second-order valence-corrected chi connectivity index (χ2v) is 10.9. The number of amides is 1. The molecule has 7 nitrogen and oxygen atoms in total. The van der Waals surface area contributed by atoms with E-state index >= 15 is 0 Å². The molecule has 2 aliphatic rings. The van der Waals surface area contributed by atoms with Crippen LogP contribution >= 0.6 is 0 Å². The molecular formula is C27H36F3N3O4. The van der Waals surface area contributed by atoms with Gasteiger partial charge in [0, 0.05) is 44.0 Å². The van der Waals surface area contributed by atoms with Crippen LogP contribution < -0.4 is 10.2 Å². The fraction of sp³-hybridized carbons (Fsp3) is 0.630. The van der Waals surface area contributed by atoms with Gasteiger partial charge < -0.3 is 14.2 Å². The lowest BCUT2D eigenvalue weighted by Crippen LogP contribution is -2.30. The van der Waals surface area contributed by atoms with Gasteiger partial charge in [0.1, 0.15) is 5.75 Å². The third-order valence-electron chi connectivity index (χ3n) is 6.98. The Labute approximate surface area is 215 Å². The lowest BCUT2D eigenvalue weighted by Gasteiger charge is -2.22. The van der Waals surface area contributed by atoms with Crippen molar-refractivity contribution >= 4 is 5.91 Å². The molecule has 37 heavy (non-hydrogen) atoms. The van der Waals surface area contributed by atoms with Gasteiger partial charge in [-0.3, -0.25) is 14.2 Å². The minimum Gasteiger partial charge on any atom is -0.492 e. The van der Waals surface area contributed by atoms with Gasteiger partial charge in [-0.25, -0.2) is 0 Å². The van der Waals surface area contributed by atoms with Crippen LogP contribution in [0, 0.1) is 5.92 Å². The predicted molar refractivity (Wildman–Crippen MR) is 131 cm³/mol. The largest absolute Gasteiger partial charge is 0.492 e. The van der Waals surface area contributed by atoms with Gasteiger partial charge in [-0.05, 0) is 49.8 Å². The standard InChI is InChI=1S/C27H36F3N3O4/c1-26(2,3)23-15-24(33(32(23)4)16-20-6-5-11-36-20)31-25(34)21-14-19(27(28,29)30)7-8-22(21)37-17-18-9-12-35-13-10-18/h7-8,14-15,18,20H,5-6,9-13,16-17H2,1-4H3/t20-/m1/s1. The first kappa shape index (κ1) is 27.4. The number of halogens is 3. The number of carbonyl (C=O) groups is 1. The van der Waals surface area contributed by atoms with Crippen molar-refractivity contribution in [1.82, 2.24) is 9.36 Å². The number of benzene rings is 1. The third kappa shape index (κ3) is 6.65. The van der Waals surface area contributed by atoms with Crippen molar-refractivity contribution in [2.75, 3.05) is 26.4 Å². The summed E-state index contributed by atoms with van der Waals surface area (Å²) in [7, 11) is 1.89. The SMILES string of the molecule is Cn1c(C(C)(C)C)cc(=NC(=O)c2cc(C(F)(F)F)ccc2OCC2CCOCC2)n1C[C@H]1CCCO1. The summed E-state index contributed by atoms with van der Waals surface area (Å²) in [5.74, 6) is -0.459. The van der Waals surface area contributed by atoms with Crippen molar-refractivity contribution < 1.29 is 32.2 Å². The molecule has 2 aromatic rings. The monoisotopic (exact) mass is 523 g/mol. The smallest absolute Gasteiger partial charge is 0.416 e. The summed E-state index contributed by atoms with van der Waals surface area (Å²) < 4.78 is 61.4. The highest BCUT2D eigenvalue weighted by atomic mass is 19.4. The van der Waals surface area contributed by atoms with E-state index in [2.05, 4.69) is 25.8 Å². The van der Waals surface area contributed by atoms with Gasteiger partial charge in [-0.2, -0.15) is 18.2 Å². The Morgan fingerprint density at radius 2 is 1.84 bits per heavy atom. The number of carbonyl (C=O) groups excluding carboxylic acids is 1. The fourth-order valence-electron chi connectivity index (χ4n) is 4.85. The molecule has 0 unspecified atom stereocenters. The van der Waals surface area contributed by atoms with Gasteiger partial charge in [0.2, 0.25) is 0 Å². The normalized spacial score (nSPS) is 20.0. The summed E-state index contributed by atoms with van der Waals surface area (Å²) in [6.45, 7) is 8.89. The molecule has 2 saturated heterocycles. The number of hydrogen-bond donors (Lipinski definition) is 0. The molecule has 10 heteroatoms. The van der Waals surface area contributed by atoms with Gasteiger partial charge in [0.05, 0.1) is 30.4 Å². The Morgan fingerprint density at radius 1 is 1.11 bits per heavy atom. The maximum Gasteiger partial charge on any atom is 0.416 e. The molecule has 204 valence electrons. The molecule has 0 saturated carbocycles. The summed E-state index contributed by atoms with van der Waals surface area (Å²) in [6.07, 6.45) is -1.14. The minimum atomic E-state index is -4.60. The molecule has 0 N–H and O–H groups in total. The molecule has 2 fully saturated rings. The molecule has 3 heterocycles. The van der Waals surface area contributed by atoms with Crippen LogP contribution in [0.25, 0.3) is 0 Å². The van der Waals surface area contributed by atoms with E-state index in [4.69, 9.17) is 14.2 Å². The summed E-state index contributed by atoms with van der Waals surface area (Å²) in [6, 6.07) is 4.82. The molecular weight excluding hydrogens is 487 g/mol. The zero-order valence-corrected chi connectivity index (χ0v) is 21.9. The van der Waals surface area contributed by atoms with Crippen molar-refractivity contribution in [3.63, 3.8) is 0 Å². The van der Waals surface area contributed by atoms with Crippen LogP contribution in [0.2, 0.25) is 0 Å². The highest BCUT2D eigenvalue weighted by molar-refractivity contribution is 5.97. The van der Waals surface area contributed by atoms with Crippen LogP contribution in [0.15, 0.2) is 29.3 Å². The van der Waals surface area contributed by atoms with E-state index < -0.39 is 17.6 Å². The Hall–Kier alpha value is -2.59.